The number of hydrogen-bond donors (Lipinski definition) is 2. The van der Waals surface area contributed by atoms with Gasteiger partial charge < -0.3 is 11.1 Å². The molecule has 0 saturated heterocycles. The van der Waals surface area contributed by atoms with Gasteiger partial charge in [-0.2, -0.15) is 5.10 Å². The fourth-order valence-electron chi connectivity index (χ4n) is 2.19. The molecule has 0 bridgehead atoms. The monoisotopic (exact) mass is 286 g/mol. The maximum absolute atomic E-state index is 12.0. The number of amides is 1. The number of anilines is 1. The van der Waals surface area contributed by atoms with Crippen LogP contribution >= 0.6 is 0 Å². The molecule has 2 rings (SSSR count). The second-order valence-electron chi connectivity index (χ2n) is 5.86. The molecule has 21 heavy (non-hydrogen) atoms. The lowest BCUT2D eigenvalue weighted by atomic mass is 9.95. The Balaban J connectivity index is 1.83. The van der Waals surface area contributed by atoms with Gasteiger partial charge in [-0.1, -0.05) is 30.3 Å². The lowest BCUT2D eigenvalue weighted by Crippen LogP contribution is -2.45. The minimum atomic E-state index is -0.258. The van der Waals surface area contributed by atoms with Crippen LogP contribution < -0.4 is 11.1 Å². The molecule has 0 atom stereocenters. The molecule has 1 heterocycles. The number of benzene rings is 1. The summed E-state index contributed by atoms with van der Waals surface area (Å²) in [7, 11) is 0. The first-order chi connectivity index (χ1) is 9.94. The molecule has 3 N–H and O–H groups in total. The third kappa shape index (κ3) is 4.95. The number of nitrogen functional groups attached to an aromatic ring is 1. The molecule has 112 valence electrons. The Labute approximate surface area is 125 Å². The number of nitrogens with one attached hydrogen (secondary N) is 1. The highest BCUT2D eigenvalue weighted by Gasteiger charge is 2.20. The van der Waals surface area contributed by atoms with Crippen molar-refractivity contribution in [3.8, 4) is 0 Å². The van der Waals surface area contributed by atoms with Crippen molar-refractivity contribution >= 4 is 11.7 Å². The van der Waals surface area contributed by atoms with Gasteiger partial charge in [-0.05, 0) is 38.3 Å². The highest BCUT2D eigenvalue weighted by Crippen LogP contribution is 2.13. The number of aromatic nitrogens is 2. The second-order valence-corrected chi connectivity index (χ2v) is 5.86. The highest BCUT2D eigenvalue weighted by molar-refractivity contribution is 5.76. The quantitative estimate of drug-likeness (QED) is 0.853. The van der Waals surface area contributed by atoms with E-state index in [4.69, 9.17) is 5.73 Å². The molecule has 0 fully saturated rings. The van der Waals surface area contributed by atoms with E-state index in [0.717, 1.165) is 12.8 Å². The van der Waals surface area contributed by atoms with E-state index in [-0.39, 0.29) is 18.0 Å². The van der Waals surface area contributed by atoms with Crippen LogP contribution in [0.1, 0.15) is 25.8 Å². The molecule has 0 radical (unpaired) electrons. The molecule has 1 amide bonds. The normalized spacial score (nSPS) is 11.3. The maximum atomic E-state index is 12.0. The maximum Gasteiger partial charge on any atom is 0.242 e. The Morgan fingerprint density at radius 2 is 2.00 bits per heavy atom. The second kappa shape index (κ2) is 6.43. The van der Waals surface area contributed by atoms with E-state index in [9.17, 15) is 4.79 Å². The Morgan fingerprint density at radius 3 is 2.62 bits per heavy atom. The van der Waals surface area contributed by atoms with Crippen LogP contribution in [-0.4, -0.2) is 21.2 Å². The summed E-state index contributed by atoms with van der Waals surface area (Å²) in [6, 6.07) is 11.9. The molecule has 5 nitrogen and oxygen atoms in total. The number of carbonyl (C=O) groups is 1. The number of rotatable bonds is 6. The molecule has 0 unspecified atom stereocenters. The minimum Gasteiger partial charge on any atom is -0.382 e. The van der Waals surface area contributed by atoms with E-state index in [1.165, 1.54) is 10.2 Å². The Kier molecular flexibility index (Phi) is 4.62. The lowest BCUT2D eigenvalue weighted by molar-refractivity contribution is -0.123. The van der Waals surface area contributed by atoms with Crippen molar-refractivity contribution in [3.05, 3.63) is 48.2 Å². The first-order valence-electron chi connectivity index (χ1n) is 7.08. The van der Waals surface area contributed by atoms with Gasteiger partial charge in [0.2, 0.25) is 5.91 Å². The summed E-state index contributed by atoms with van der Waals surface area (Å²) in [5, 5.41) is 7.05. The van der Waals surface area contributed by atoms with Crippen LogP contribution in [0, 0.1) is 0 Å². The van der Waals surface area contributed by atoms with Gasteiger partial charge in [0.05, 0.1) is 0 Å². The summed E-state index contributed by atoms with van der Waals surface area (Å²) in [5.41, 5.74) is 6.55. The third-order valence-corrected chi connectivity index (χ3v) is 3.33. The van der Waals surface area contributed by atoms with Crippen LogP contribution in [-0.2, 0) is 17.8 Å². The third-order valence-electron chi connectivity index (χ3n) is 3.33. The zero-order valence-electron chi connectivity index (χ0n) is 12.5. The SMILES string of the molecule is CC(C)(CCc1ccccc1)NC(=O)Cn1ccc(N)n1. The molecule has 0 aliphatic rings. The van der Waals surface area contributed by atoms with E-state index in [1.54, 1.807) is 12.3 Å². The van der Waals surface area contributed by atoms with E-state index >= 15 is 0 Å². The van der Waals surface area contributed by atoms with Gasteiger partial charge in [0.25, 0.3) is 0 Å². The molecule has 5 heteroatoms. The fraction of sp³-hybridized carbons (Fsp3) is 0.375. The van der Waals surface area contributed by atoms with Gasteiger partial charge >= 0.3 is 0 Å². The lowest BCUT2D eigenvalue weighted by Gasteiger charge is -2.26. The predicted octanol–water partition coefficient (Wildman–Crippen LogP) is 1.99. The smallest absolute Gasteiger partial charge is 0.242 e. The average molecular weight is 286 g/mol. The van der Waals surface area contributed by atoms with Crippen LogP contribution in [0.3, 0.4) is 0 Å². The van der Waals surface area contributed by atoms with Crippen molar-refractivity contribution < 1.29 is 4.79 Å². The van der Waals surface area contributed by atoms with Crippen LogP contribution in [0.15, 0.2) is 42.6 Å². The number of nitrogens with two attached hydrogens (primary N) is 1. The molecular weight excluding hydrogens is 264 g/mol. The van der Waals surface area contributed by atoms with E-state index in [1.807, 2.05) is 32.0 Å². The summed E-state index contributed by atoms with van der Waals surface area (Å²) < 4.78 is 1.54. The Morgan fingerprint density at radius 1 is 1.29 bits per heavy atom. The molecule has 1 aromatic carbocycles. The highest BCUT2D eigenvalue weighted by atomic mass is 16.2. The standard InChI is InChI=1S/C16H22N4O/c1-16(2,10-8-13-6-4-3-5-7-13)18-15(21)12-20-11-9-14(17)19-20/h3-7,9,11H,8,10,12H2,1-2H3,(H2,17,19)(H,18,21). The van der Waals surface area contributed by atoms with E-state index < -0.39 is 0 Å². The van der Waals surface area contributed by atoms with Crippen molar-refractivity contribution in [2.24, 2.45) is 0 Å². The van der Waals surface area contributed by atoms with Crippen LogP contribution in [0.5, 0.6) is 0 Å². The topological polar surface area (TPSA) is 72.9 Å². The first-order valence-corrected chi connectivity index (χ1v) is 7.08. The summed E-state index contributed by atoms with van der Waals surface area (Å²) in [4.78, 5) is 12.0. The summed E-state index contributed by atoms with van der Waals surface area (Å²) in [6.07, 6.45) is 3.51. The van der Waals surface area contributed by atoms with Gasteiger partial charge in [-0.3, -0.25) is 9.48 Å². The van der Waals surface area contributed by atoms with Gasteiger partial charge in [-0.25, -0.2) is 0 Å². The summed E-state index contributed by atoms with van der Waals surface area (Å²) in [6.45, 7) is 4.25. The fourth-order valence-corrected chi connectivity index (χ4v) is 2.19. The Bertz CT molecular complexity index is 589. The number of nitrogens with zero attached hydrogens (tertiary/aromatic N) is 2. The van der Waals surface area contributed by atoms with Gasteiger partial charge in [-0.15, -0.1) is 0 Å². The van der Waals surface area contributed by atoms with Crippen molar-refractivity contribution in [1.82, 2.24) is 15.1 Å². The number of carbonyl (C=O) groups excluding carboxylic acids is 1. The van der Waals surface area contributed by atoms with E-state index in [2.05, 4.69) is 22.5 Å². The molecule has 0 saturated carbocycles. The van der Waals surface area contributed by atoms with Crippen LogP contribution in [0.4, 0.5) is 5.82 Å². The first kappa shape index (κ1) is 15.1. The molecule has 1 aromatic heterocycles. The molecule has 0 aliphatic carbocycles. The molecular formula is C16H22N4O. The summed E-state index contributed by atoms with van der Waals surface area (Å²) >= 11 is 0. The zero-order valence-corrected chi connectivity index (χ0v) is 12.5. The van der Waals surface area contributed by atoms with Crippen molar-refractivity contribution in [2.45, 2.75) is 38.8 Å². The predicted molar refractivity (Wildman–Crippen MR) is 83.6 cm³/mol. The van der Waals surface area contributed by atoms with Gasteiger partial charge in [0.15, 0.2) is 0 Å². The van der Waals surface area contributed by atoms with E-state index in [0.29, 0.717) is 5.82 Å². The largest absolute Gasteiger partial charge is 0.382 e. The molecule has 0 aliphatic heterocycles. The van der Waals surface area contributed by atoms with Crippen molar-refractivity contribution in [1.29, 1.82) is 0 Å². The Hall–Kier alpha value is -2.30. The van der Waals surface area contributed by atoms with Crippen LogP contribution in [0.2, 0.25) is 0 Å². The van der Waals surface area contributed by atoms with Crippen LogP contribution in [0.25, 0.3) is 0 Å². The van der Waals surface area contributed by atoms with Crippen molar-refractivity contribution in [3.63, 3.8) is 0 Å². The van der Waals surface area contributed by atoms with Gasteiger partial charge in [0.1, 0.15) is 12.4 Å². The summed E-state index contributed by atoms with van der Waals surface area (Å²) in [5.74, 6) is 0.363. The minimum absolute atomic E-state index is 0.0591. The molecule has 2 aromatic rings. The van der Waals surface area contributed by atoms with Gasteiger partial charge in [0, 0.05) is 11.7 Å². The number of aryl methyl sites for hydroxylation is 1. The average Bonchev–Trinajstić information content (AvgIpc) is 2.82. The van der Waals surface area contributed by atoms with Crippen molar-refractivity contribution in [2.75, 3.05) is 5.73 Å². The molecule has 0 spiro atoms. The number of hydrogen-bond acceptors (Lipinski definition) is 3. The zero-order chi connectivity index (χ0) is 15.3.